The number of ether oxygens (including phenoxy) is 1. The highest BCUT2D eigenvalue weighted by Crippen LogP contribution is 2.41. The maximum absolute atomic E-state index is 12.7. The molecule has 3 atom stereocenters. The van der Waals surface area contributed by atoms with E-state index >= 15 is 0 Å². The van der Waals surface area contributed by atoms with Crippen LogP contribution in [0.15, 0.2) is 78.9 Å². The van der Waals surface area contributed by atoms with Gasteiger partial charge >= 0.3 is 5.97 Å². The van der Waals surface area contributed by atoms with Crippen molar-refractivity contribution in [2.24, 2.45) is 11.8 Å². The molecule has 166 valence electrons. The van der Waals surface area contributed by atoms with Crippen LogP contribution in [0.4, 0.5) is 0 Å². The molecule has 0 radical (unpaired) electrons. The Labute approximate surface area is 197 Å². The van der Waals surface area contributed by atoms with Crippen LogP contribution in [0.5, 0.6) is 0 Å². The largest absolute Gasteiger partial charge is 0.459 e. The van der Waals surface area contributed by atoms with Crippen LogP contribution in [0.25, 0.3) is 11.1 Å². The summed E-state index contributed by atoms with van der Waals surface area (Å²) in [6.07, 6.45) is 8.73. The Hall–Kier alpha value is -3.31. The first-order chi connectivity index (χ1) is 16.2. The van der Waals surface area contributed by atoms with Crippen molar-refractivity contribution in [2.45, 2.75) is 51.0 Å². The van der Waals surface area contributed by atoms with Crippen LogP contribution in [0.1, 0.15) is 66.4 Å². The average molecular weight is 435 g/mol. The molecule has 33 heavy (non-hydrogen) atoms. The molecule has 3 aromatic rings. The third-order valence-electron chi connectivity index (χ3n) is 7.23. The van der Waals surface area contributed by atoms with E-state index in [-0.39, 0.29) is 12.1 Å². The Kier molecular flexibility index (Phi) is 6.58. The van der Waals surface area contributed by atoms with E-state index in [0.717, 1.165) is 35.8 Å². The summed E-state index contributed by atoms with van der Waals surface area (Å²) in [5.74, 6) is 7.82. The molecule has 2 saturated carbocycles. The molecule has 3 unspecified atom stereocenters. The van der Waals surface area contributed by atoms with Crippen LogP contribution in [0.3, 0.4) is 0 Å². The first-order valence-electron chi connectivity index (χ1n) is 12.2. The Morgan fingerprint density at radius 2 is 1.27 bits per heavy atom. The van der Waals surface area contributed by atoms with Crippen molar-refractivity contribution >= 4 is 5.97 Å². The quantitative estimate of drug-likeness (QED) is 0.320. The van der Waals surface area contributed by atoms with Gasteiger partial charge in [0.2, 0.25) is 0 Å². The Morgan fingerprint density at radius 3 is 1.97 bits per heavy atom. The minimum Gasteiger partial charge on any atom is -0.459 e. The van der Waals surface area contributed by atoms with Gasteiger partial charge in [-0.15, -0.1) is 0 Å². The van der Waals surface area contributed by atoms with Crippen molar-refractivity contribution in [1.29, 1.82) is 0 Å². The standard InChI is InChI=1S/C31H30O2/c32-31(33-30-21-20-26-8-4-5-9-29(26)22-30)28-18-14-24(15-19-28)11-10-23-12-16-27(17-13-23)25-6-2-1-3-7-25/h1-3,6-7,12-19,26,29-30H,4-5,8-9,20-22H2. The zero-order chi connectivity index (χ0) is 22.5. The molecular weight excluding hydrogens is 404 g/mol. The number of rotatable bonds is 3. The minimum absolute atomic E-state index is 0.0789. The second-order valence-electron chi connectivity index (χ2n) is 9.42. The van der Waals surface area contributed by atoms with Gasteiger partial charge in [-0.2, -0.15) is 0 Å². The average Bonchev–Trinajstić information content (AvgIpc) is 2.88. The van der Waals surface area contributed by atoms with Crippen LogP contribution in [0.2, 0.25) is 0 Å². The van der Waals surface area contributed by atoms with Crippen molar-refractivity contribution in [3.8, 4) is 23.0 Å². The molecule has 0 heterocycles. The van der Waals surface area contributed by atoms with Crippen molar-refractivity contribution < 1.29 is 9.53 Å². The summed E-state index contributed by atoms with van der Waals surface area (Å²) in [5, 5.41) is 0. The lowest BCUT2D eigenvalue weighted by molar-refractivity contribution is -0.000924. The van der Waals surface area contributed by atoms with Gasteiger partial charge in [0.05, 0.1) is 5.56 Å². The highest BCUT2D eigenvalue weighted by Gasteiger charge is 2.33. The topological polar surface area (TPSA) is 26.3 Å². The lowest BCUT2D eigenvalue weighted by Crippen LogP contribution is -2.33. The molecule has 0 aromatic heterocycles. The molecule has 2 fully saturated rings. The zero-order valence-corrected chi connectivity index (χ0v) is 19.0. The number of fused-ring (bicyclic) bond motifs is 1. The summed E-state index contributed by atoms with van der Waals surface area (Å²) >= 11 is 0. The summed E-state index contributed by atoms with van der Waals surface area (Å²) in [4.78, 5) is 12.7. The van der Waals surface area contributed by atoms with E-state index in [2.05, 4.69) is 36.1 Å². The molecule has 0 N–H and O–H groups in total. The summed E-state index contributed by atoms with van der Waals surface area (Å²) in [6.45, 7) is 0. The van der Waals surface area contributed by atoms with E-state index in [1.54, 1.807) is 0 Å². The molecule has 2 aliphatic carbocycles. The van der Waals surface area contributed by atoms with Crippen molar-refractivity contribution in [3.05, 3.63) is 95.6 Å². The number of esters is 1. The predicted octanol–water partition coefficient (Wildman–Crippen LogP) is 7.27. The van der Waals surface area contributed by atoms with E-state index in [9.17, 15) is 4.79 Å². The van der Waals surface area contributed by atoms with Gasteiger partial charge in [-0.3, -0.25) is 0 Å². The van der Waals surface area contributed by atoms with Crippen LogP contribution in [-0.2, 0) is 4.74 Å². The first kappa shape index (κ1) is 21.5. The fraction of sp³-hybridized carbons (Fsp3) is 0.323. The number of hydrogen-bond acceptors (Lipinski definition) is 2. The molecule has 0 saturated heterocycles. The molecule has 2 heteroatoms. The Balaban J connectivity index is 1.18. The fourth-order valence-corrected chi connectivity index (χ4v) is 5.37. The fourth-order valence-electron chi connectivity index (χ4n) is 5.37. The van der Waals surface area contributed by atoms with Gasteiger partial charge < -0.3 is 4.74 Å². The summed E-state index contributed by atoms with van der Waals surface area (Å²) < 4.78 is 5.87. The van der Waals surface area contributed by atoms with Crippen LogP contribution in [0, 0.1) is 23.7 Å². The lowest BCUT2D eigenvalue weighted by atomic mass is 9.70. The van der Waals surface area contributed by atoms with Crippen LogP contribution in [-0.4, -0.2) is 12.1 Å². The lowest BCUT2D eigenvalue weighted by Gasteiger charge is -2.38. The molecule has 3 aromatic carbocycles. The summed E-state index contributed by atoms with van der Waals surface area (Å²) in [6, 6.07) is 26.1. The zero-order valence-electron chi connectivity index (χ0n) is 19.0. The summed E-state index contributed by atoms with van der Waals surface area (Å²) in [7, 11) is 0. The molecule has 2 aliphatic rings. The molecule has 5 rings (SSSR count). The molecular formula is C31H30O2. The van der Waals surface area contributed by atoms with E-state index < -0.39 is 0 Å². The van der Waals surface area contributed by atoms with Gasteiger partial charge in [0, 0.05) is 11.1 Å². The highest BCUT2D eigenvalue weighted by molar-refractivity contribution is 5.89. The second-order valence-corrected chi connectivity index (χ2v) is 9.42. The van der Waals surface area contributed by atoms with Gasteiger partial charge in [-0.25, -0.2) is 4.79 Å². The molecule has 0 amide bonds. The first-order valence-corrected chi connectivity index (χ1v) is 12.2. The monoisotopic (exact) mass is 434 g/mol. The van der Waals surface area contributed by atoms with Crippen LogP contribution >= 0.6 is 0 Å². The van der Waals surface area contributed by atoms with Gasteiger partial charge in [-0.05, 0) is 78.6 Å². The molecule has 0 bridgehead atoms. The van der Waals surface area contributed by atoms with E-state index in [1.807, 2.05) is 54.6 Å². The van der Waals surface area contributed by atoms with E-state index in [4.69, 9.17) is 4.74 Å². The van der Waals surface area contributed by atoms with Crippen molar-refractivity contribution in [1.82, 2.24) is 0 Å². The third-order valence-corrected chi connectivity index (χ3v) is 7.23. The maximum atomic E-state index is 12.7. The van der Waals surface area contributed by atoms with Gasteiger partial charge in [0.25, 0.3) is 0 Å². The molecule has 2 nitrogen and oxygen atoms in total. The number of carbonyl (C=O) groups is 1. The smallest absolute Gasteiger partial charge is 0.338 e. The number of carbonyl (C=O) groups excluding carboxylic acids is 1. The van der Waals surface area contributed by atoms with Crippen molar-refractivity contribution in [3.63, 3.8) is 0 Å². The minimum atomic E-state index is -0.203. The maximum Gasteiger partial charge on any atom is 0.338 e. The second kappa shape index (κ2) is 10.1. The number of hydrogen-bond donors (Lipinski definition) is 0. The predicted molar refractivity (Wildman–Crippen MR) is 133 cm³/mol. The highest BCUT2D eigenvalue weighted by atomic mass is 16.5. The van der Waals surface area contributed by atoms with Gasteiger partial charge in [0.1, 0.15) is 6.10 Å². The van der Waals surface area contributed by atoms with Gasteiger partial charge in [-0.1, -0.05) is 80.0 Å². The van der Waals surface area contributed by atoms with E-state index in [1.165, 1.54) is 43.2 Å². The SMILES string of the molecule is O=C(OC1CCC2CCCCC2C1)c1ccc(C#Cc2ccc(-c3ccccc3)cc2)cc1. The molecule has 0 spiro atoms. The Morgan fingerprint density at radius 1 is 0.667 bits per heavy atom. The number of benzene rings is 3. The third kappa shape index (κ3) is 5.37. The van der Waals surface area contributed by atoms with E-state index in [0.29, 0.717) is 5.56 Å². The summed E-state index contributed by atoms with van der Waals surface area (Å²) in [5.41, 5.74) is 4.85. The Bertz CT molecular complexity index is 1130. The normalized spacial score (nSPS) is 21.9. The van der Waals surface area contributed by atoms with Crippen molar-refractivity contribution in [2.75, 3.05) is 0 Å². The van der Waals surface area contributed by atoms with Gasteiger partial charge in [0.15, 0.2) is 0 Å². The van der Waals surface area contributed by atoms with Crippen LogP contribution < -0.4 is 0 Å². The molecule has 0 aliphatic heterocycles.